The third kappa shape index (κ3) is 5.65. The average Bonchev–Trinajstić information content (AvgIpc) is 2.79. The van der Waals surface area contributed by atoms with E-state index in [0.717, 1.165) is 22.4 Å². The van der Waals surface area contributed by atoms with Crippen molar-refractivity contribution >= 4 is 35.3 Å². The summed E-state index contributed by atoms with van der Waals surface area (Å²) in [6.45, 7) is 0.222. The molecule has 5 nitrogen and oxygen atoms in total. The topological polar surface area (TPSA) is 59.9 Å². The Morgan fingerprint density at radius 1 is 1.00 bits per heavy atom. The summed E-state index contributed by atoms with van der Waals surface area (Å²) in [6.07, 6.45) is 10.5. The van der Waals surface area contributed by atoms with Crippen LogP contribution in [0.15, 0.2) is 79.5 Å². The molecular weight excluding hydrogens is 415 g/mol. The van der Waals surface area contributed by atoms with Crippen LogP contribution in [0.25, 0.3) is 12.2 Å². The fourth-order valence-corrected chi connectivity index (χ4v) is 3.08. The lowest BCUT2D eigenvalue weighted by Crippen LogP contribution is -1.99. The number of anilines is 2. The largest absolute Gasteiger partial charge is 0.487 e. The van der Waals surface area contributed by atoms with Crippen molar-refractivity contribution in [2.75, 3.05) is 5.32 Å². The standard InChI is InChI=1S/C24H18ClFN4O/c25-22-12-21(8-9-23(22)31-15-18-3-1-5-20(26)11-18)30-24-19(14-28-16-29-24)7-6-17-4-2-10-27-13-17/h1-14,16H,15H2,(H,28,29,30). The summed E-state index contributed by atoms with van der Waals surface area (Å²) in [6, 6.07) is 15.4. The summed E-state index contributed by atoms with van der Waals surface area (Å²) in [5, 5.41) is 3.68. The Morgan fingerprint density at radius 3 is 2.74 bits per heavy atom. The Balaban J connectivity index is 1.46. The molecule has 0 unspecified atom stereocenters. The monoisotopic (exact) mass is 432 g/mol. The minimum Gasteiger partial charge on any atom is -0.487 e. The molecule has 0 spiro atoms. The van der Waals surface area contributed by atoms with Crippen molar-refractivity contribution in [3.8, 4) is 5.75 Å². The fraction of sp³-hybridized carbons (Fsp3) is 0.0417. The van der Waals surface area contributed by atoms with Gasteiger partial charge in [-0.3, -0.25) is 4.98 Å². The third-order valence-corrected chi connectivity index (χ3v) is 4.65. The Kier molecular flexibility index (Phi) is 6.50. The number of aromatic nitrogens is 3. The van der Waals surface area contributed by atoms with E-state index in [-0.39, 0.29) is 12.4 Å². The first-order chi connectivity index (χ1) is 15.2. The normalized spacial score (nSPS) is 10.9. The van der Waals surface area contributed by atoms with Crippen molar-refractivity contribution in [2.45, 2.75) is 6.61 Å². The van der Waals surface area contributed by atoms with E-state index in [2.05, 4.69) is 20.3 Å². The van der Waals surface area contributed by atoms with Crippen molar-refractivity contribution in [1.82, 2.24) is 15.0 Å². The number of rotatable bonds is 7. The molecule has 2 aromatic carbocycles. The lowest BCUT2D eigenvalue weighted by atomic mass is 10.2. The molecule has 0 aliphatic carbocycles. The molecule has 0 radical (unpaired) electrons. The molecule has 0 fully saturated rings. The quantitative estimate of drug-likeness (QED) is 0.379. The highest BCUT2D eigenvalue weighted by molar-refractivity contribution is 6.32. The van der Waals surface area contributed by atoms with Crippen LogP contribution in [0.5, 0.6) is 5.75 Å². The van der Waals surface area contributed by atoms with Crippen LogP contribution in [0, 0.1) is 5.82 Å². The molecule has 7 heteroatoms. The van der Waals surface area contributed by atoms with Gasteiger partial charge < -0.3 is 10.1 Å². The van der Waals surface area contributed by atoms with E-state index in [1.165, 1.54) is 18.5 Å². The Bertz CT molecular complexity index is 1200. The van der Waals surface area contributed by atoms with E-state index >= 15 is 0 Å². The molecule has 0 bridgehead atoms. The second-order valence-corrected chi connectivity index (χ2v) is 7.04. The van der Waals surface area contributed by atoms with Gasteiger partial charge in [0.1, 0.15) is 30.3 Å². The van der Waals surface area contributed by atoms with Gasteiger partial charge in [0.05, 0.1) is 5.02 Å². The van der Waals surface area contributed by atoms with Gasteiger partial charge in [-0.15, -0.1) is 0 Å². The lowest BCUT2D eigenvalue weighted by Gasteiger charge is -2.12. The van der Waals surface area contributed by atoms with Crippen LogP contribution in [0.1, 0.15) is 16.7 Å². The molecule has 1 N–H and O–H groups in total. The van der Waals surface area contributed by atoms with E-state index in [9.17, 15) is 4.39 Å². The number of hydrogen-bond acceptors (Lipinski definition) is 5. The zero-order valence-corrected chi connectivity index (χ0v) is 17.1. The summed E-state index contributed by atoms with van der Waals surface area (Å²) < 4.78 is 19.0. The van der Waals surface area contributed by atoms with Gasteiger partial charge >= 0.3 is 0 Å². The van der Waals surface area contributed by atoms with Gasteiger partial charge in [0.25, 0.3) is 0 Å². The zero-order valence-electron chi connectivity index (χ0n) is 16.4. The van der Waals surface area contributed by atoms with Crippen LogP contribution in [0.2, 0.25) is 5.02 Å². The summed E-state index contributed by atoms with van der Waals surface area (Å²) in [5.74, 6) is 0.848. The van der Waals surface area contributed by atoms with Crippen molar-refractivity contribution in [3.05, 3.63) is 107 Å². The highest BCUT2D eigenvalue weighted by Crippen LogP contribution is 2.30. The van der Waals surface area contributed by atoms with Crippen LogP contribution in [-0.2, 0) is 6.61 Å². The number of hydrogen-bond donors (Lipinski definition) is 1. The molecule has 0 aliphatic heterocycles. The maximum atomic E-state index is 13.3. The third-order valence-electron chi connectivity index (χ3n) is 4.36. The summed E-state index contributed by atoms with van der Waals surface area (Å²) in [7, 11) is 0. The molecule has 0 aliphatic rings. The minimum atomic E-state index is -0.301. The molecule has 0 atom stereocenters. The van der Waals surface area contributed by atoms with Gasteiger partial charge in [-0.25, -0.2) is 14.4 Å². The molecule has 2 heterocycles. The number of benzene rings is 2. The van der Waals surface area contributed by atoms with Crippen LogP contribution >= 0.6 is 11.6 Å². The molecule has 0 amide bonds. The number of nitrogens with zero attached hydrogens (tertiary/aromatic N) is 3. The SMILES string of the molecule is Fc1cccc(COc2ccc(Nc3ncncc3C=Cc3cccnc3)cc2Cl)c1. The zero-order chi connectivity index (χ0) is 21.5. The highest BCUT2D eigenvalue weighted by Gasteiger charge is 2.07. The summed E-state index contributed by atoms with van der Waals surface area (Å²) >= 11 is 6.38. The second-order valence-electron chi connectivity index (χ2n) is 6.64. The van der Waals surface area contributed by atoms with Crippen molar-refractivity contribution in [1.29, 1.82) is 0 Å². The van der Waals surface area contributed by atoms with Crippen molar-refractivity contribution < 1.29 is 9.13 Å². The predicted molar refractivity (Wildman–Crippen MR) is 121 cm³/mol. The van der Waals surface area contributed by atoms with Crippen LogP contribution in [-0.4, -0.2) is 15.0 Å². The first-order valence-electron chi connectivity index (χ1n) is 9.49. The number of pyridine rings is 1. The number of nitrogens with one attached hydrogen (secondary N) is 1. The predicted octanol–water partition coefficient (Wildman–Crippen LogP) is 6.16. The first kappa shape index (κ1) is 20.5. The number of ether oxygens (including phenoxy) is 1. The molecule has 2 aromatic heterocycles. The van der Waals surface area contributed by atoms with Crippen LogP contribution in [0.4, 0.5) is 15.9 Å². The smallest absolute Gasteiger partial charge is 0.141 e. The molecular formula is C24H18ClFN4O. The van der Waals surface area contributed by atoms with Gasteiger partial charge in [0.2, 0.25) is 0 Å². The van der Waals surface area contributed by atoms with E-state index in [1.54, 1.807) is 42.9 Å². The maximum absolute atomic E-state index is 13.3. The van der Waals surface area contributed by atoms with E-state index in [1.807, 2.05) is 30.4 Å². The molecule has 154 valence electrons. The number of halogens is 2. The summed E-state index contributed by atoms with van der Waals surface area (Å²) in [4.78, 5) is 12.5. The van der Waals surface area contributed by atoms with E-state index in [4.69, 9.17) is 16.3 Å². The molecule has 31 heavy (non-hydrogen) atoms. The second kappa shape index (κ2) is 9.82. The van der Waals surface area contributed by atoms with E-state index < -0.39 is 0 Å². The Hall–Kier alpha value is -3.77. The summed E-state index contributed by atoms with van der Waals surface area (Å²) in [5.41, 5.74) is 3.26. The van der Waals surface area contributed by atoms with Gasteiger partial charge in [0.15, 0.2) is 0 Å². The van der Waals surface area contributed by atoms with Gasteiger partial charge in [0, 0.05) is 29.8 Å². The Morgan fingerprint density at radius 2 is 1.94 bits per heavy atom. The van der Waals surface area contributed by atoms with E-state index in [0.29, 0.717) is 16.6 Å². The first-order valence-corrected chi connectivity index (χ1v) is 9.87. The molecule has 0 saturated heterocycles. The van der Waals surface area contributed by atoms with Crippen LogP contribution in [0.3, 0.4) is 0 Å². The van der Waals surface area contributed by atoms with Crippen molar-refractivity contribution in [3.63, 3.8) is 0 Å². The Labute approximate surface area is 184 Å². The average molecular weight is 433 g/mol. The van der Waals surface area contributed by atoms with Gasteiger partial charge in [-0.05, 0) is 53.6 Å². The molecule has 0 saturated carbocycles. The highest BCUT2D eigenvalue weighted by atomic mass is 35.5. The maximum Gasteiger partial charge on any atom is 0.141 e. The molecule has 4 rings (SSSR count). The van der Waals surface area contributed by atoms with Gasteiger partial charge in [-0.2, -0.15) is 0 Å². The lowest BCUT2D eigenvalue weighted by molar-refractivity contribution is 0.306. The minimum absolute atomic E-state index is 0.222. The molecule has 4 aromatic rings. The van der Waals surface area contributed by atoms with Gasteiger partial charge in [-0.1, -0.05) is 35.9 Å². The van der Waals surface area contributed by atoms with Crippen LogP contribution < -0.4 is 10.1 Å². The van der Waals surface area contributed by atoms with Crippen molar-refractivity contribution in [2.24, 2.45) is 0 Å². The fourth-order valence-electron chi connectivity index (χ4n) is 2.85.